The van der Waals surface area contributed by atoms with Gasteiger partial charge in [-0.1, -0.05) is 35.9 Å². The Morgan fingerprint density at radius 3 is 2.31 bits per heavy atom. The molecule has 1 N–H and O–H groups in total. The number of hydrogen-bond acceptors (Lipinski definition) is 1. The molecule has 70 valence electrons. The van der Waals surface area contributed by atoms with Gasteiger partial charge < -0.3 is 5.32 Å². The van der Waals surface area contributed by atoms with Crippen LogP contribution in [0.1, 0.15) is 18.5 Å². The second kappa shape index (κ2) is 4.45. The quantitative estimate of drug-likeness (QED) is 0.731. The zero-order valence-electron chi connectivity index (χ0n) is 7.97. The van der Waals surface area contributed by atoms with Gasteiger partial charge in [0.2, 0.25) is 0 Å². The van der Waals surface area contributed by atoms with E-state index in [0.29, 0.717) is 0 Å². The number of nitrogens with one attached hydrogen (secondary N) is 1. The molecule has 1 aromatic carbocycles. The Hall–Kier alpha value is -0.790. The van der Waals surface area contributed by atoms with Crippen LogP contribution in [0.3, 0.4) is 0 Å². The molecule has 0 aromatic heterocycles. The Kier molecular flexibility index (Phi) is 3.52. The van der Waals surface area contributed by atoms with Crippen molar-refractivity contribution in [1.82, 2.24) is 5.32 Å². The van der Waals surface area contributed by atoms with Gasteiger partial charge in [0, 0.05) is 5.02 Å². The summed E-state index contributed by atoms with van der Waals surface area (Å²) in [5.74, 6) is 0. The SMILES string of the molecule is C=C(C)C(NC)c1ccc(Cl)cc1. The van der Waals surface area contributed by atoms with E-state index in [4.69, 9.17) is 11.6 Å². The third-order valence-electron chi connectivity index (χ3n) is 1.98. The molecule has 1 rings (SSSR count). The van der Waals surface area contributed by atoms with E-state index in [9.17, 15) is 0 Å². The summed E-state index contributed by atoms with van der Waals surface area (Å²) in [6.45, 7) is 5.94. The lowest BCUT2D eigenvalue weighted by Crippen LogP contribution is -2.16. The van der Waals surface area contributed by atoms with Crippen molar-refractivity contribution < 1.29 is 0 Å². The van der Waals surface area contributed by atoms with Gasteiger partial charge in [-0.2, -0.15) is 0 Å². The van der Waals surface area contributed by atoms with Crippen molar-refractivity contribution in [2.45, 2.75) is 13.0 Å². The zero-order valence-corrected chi connectivity index (χ0v) is 8.73. The van der Waals surface area contributed by atoms with Gasteiger partial charge in [0.15, 0.2) is 0 Å². The van der Waals surface area contributed by atoms with Crippen LogP contribution in [0.4, 0.5) is 0 Å². The van der Waals surface area contributed by atoms with Crippen molar-refractivity contribution in [3.8, 4) is 0 Å². The van der Waals surface area contributed by atoms with Gasteiger partial charge >= 0.3 is 0 Å². The highest BCUT2D eigenvalue weighted by atomic mass is 35.5. The van der Waals surface area contributed by atoms with Crippen molar-refractivity contribution >= 4 is 11.6 Å². The first-order valence-electron chi connectivity index (χ1n) is 4.23. The maximum Gasteiger partial charge on any atom is 0.0528 e. The first-order chi connectivity index (χ1) is 6.15. The smallest absolute Gasteiger partial charge is 0.0528 e. The van der Waals surface area contributed by atoms with Crippen LogP contribution in [0.25, 0.3) is 0 Å². The van der Waals surface area contributed by atoms with E-state index < -0.39 is 0 Å². The summed E-state index contributed by atoms with van der Waals surface area (Å²) >= 11 is 5.80. The van der Waals surface area contributed by atoms with Gasteiger partial charge in [-0.15, -0.1) is 0 Å². The van der Waals surface area contributed by atoms with E-state index in [2.05, 4.69) is 11.9 Å². The summed E-state index contributed by atoms with van der Waals surface area (Å²) in [5, 5.41) is 3.96. The summed E-state index contributed by atoms with van der Waals surface area (Å²) in [7, 11) is 1.92. The largest absolute Gasteiger partial charge is 0.310 e. The summed E-state index contributed by atoms with van der Waals surface area (Å²) < 4.78 is 0. The molecule has 0 aliphatic rings. The fraction of sp³-hybridized carbons (Fsp3) is 0.273. The molecule has 0 spiro atoms. The van der Waals surface area contributed by atoms with Crippen molar-refractivity contribution in [3.05, 3.63) is 47.0 Å². The van der Waals surface area contributed by atoms with Crippen LogP contribution in [0, 0.1) is 0 Å². The van der Waals surface area contributed by atoms with Crippen molar-refractivity contribution in [3.63, 3.8) is 0 Å². The molecule has 1 atom stereocenters. The molecule has 1 unspecified atom stereocenters. The van der Waals surface area contributed by atoms with E-state index >= 15 is 0 Å². The van der Waals surface area contributed by atoms with Crippen LogP contribution in [-0.4, -0.2) is 7.05 Å². The lowest BCUT2D eigenvalue weighted by atomic mass is 10.0. The first-order valence-corrected chi connectivity index (χ1v) is 4.61. The molecule has 13 heavy (non-hydrogen) atoms. The van der Waals surface area contributed by atoms with Gasteiger partial charge in [0.05, 0.1) is 6.04 Å². The molecule has 0 heterocycles. The lowest BCUT2D eigenvalue weighted by Gasteiger charge is -2.16. The van der Waals surface area contributed by atoms with Crippen molar-refractivity contribution in [2.75, 3.05) is 7.05 Å². The number of benzene rings is 1. The van der Waals surface area contributed by atoms with Crippen LogP contribution in [0.5, 0.6) is 0 Å². The van der Waals surface area contributed by atoms with E-state index in [-0.39, 0.29) is 6.04 Å². The second-order valence-corrected chi connectivity index (χ2v) is 3.56. The minimum absolute atomic E-state index is 0.220. The van der Waals surface area contributed by atoms with Gasteiger partial charge in [0.25, 0.3) is 0 Å². The van der Waals surface area contributed by atoms with Gasteiger partial charge in [-0.3, -0.25) is 0 Å². The molecule has 0 bridgehead atoms. The van der Waals surface area contributed by atoms with Crippen LogP contribution in [0.15, 0.2) is 36.4 Å². The molecule has 0 amide bonds. The average molecular weight is 196 g/mol. The summed E-state index contributed by atoms with van der Waals surface area (Å²) in [5.41, 5.74) is 2.30. The number of hydrogen-bond donors (Lipinski definition) is 1. The molecule has 0 saturated carbocycles. The Balaban J connectivity index is 2.92. The van der Waals surface area contributed by atoms with Crippen LogP contribution >= 0.6 is 11.6 Å². The Bertz CT molecular complexity index is 289. The Labute approximate surface area is 84.4 Å². The third-order valence-corrected chi connectivity index (χ3v) is 2.24. The minimum atomic E-state index is 0.220. The van der Waals surface area contributed by atoms with Crippen LogP contribution in [0.2, 0.25) is 5.02 Å². The number of rotatable bonds is 3. The third kappa shape index (κ3) is 2.58. The standard InChI is InChI=1S/C11H14ClN/c1-8(2)11(13-3)9-4-6-10(12)7-5-9/h4-7,11,13H,1H2,2-3H3. The maximum atomic E-state index is 5.80. The van der Waals surface area contributed by atoms with E-state index in [1.807, 2.05) is 38.2 Å². The van der Waals surface area contributed by atoms with Gasteiger partial charge in [0.1, 0.15) is 0 Å². The lowest BCUT2D eigenvalue weighted by molar-refractivity contribution is 0.680. The van der Waals surface area contributed by atoms with E-state index in [0.717, 1.165) is 10.6 Å². The molecule has 2 heteroatoms. The first kappa shape index (κ1) is 10.3. The van der Waals surface area contributed by atoms with E-state index in [1.54, 1.807) is 0 Å². The molecule has 0 aliphatic carbocycles. The van der Waals surface area contributed by atoms with Gasteiger partial charge in [-0.25, -0.2) is 0 Å². The second-order valence-electron chi connectivity index (χ2n) is 3.12. The molecule has 0 fully saturated rings. The van der Waals surface area contributed by atoms with Crippen LogP contribution < -0.4 is 5.32 Å². The fourth-order valence-corrected chi connectivity index (χ4v) is 1.48. The normalized spacial score (nSPS) is 12.5. The highest BCUT2D eigenvalue weighted by molar-refractivity contribution is 6.30. The predicted molar refractivity (Wildman–Crippen MR) is 58.1 cm³/mol. The minimum Gasteiger partial charge on any atom is -0.310 e. The van der Waals surface area contributed by atoms with Crippen molar-refractivity contribution in [1.29, 1.82) is 0 Å². The molecule has 1 aromatic rings. The monoisotopic (exact) mass is 195 g/mol. The molecule has 1 nitrogen and oxygen atoms in total. The maximum absolute atomic E-state index is 5.80. The summed E-state index contributed by atoms with van der Waals surface area (Å²) in [4.78, 5) is 0. The summed E-state index contributed by atoms with van der Waals surface area (Å²) in [6.07, 6.45) is 0. The molecule has 0 aliphatic heterocycles. The van der Waals surface area contributed by atoms with Gasteiger partial charge in [-0.05, 0) is 31.7 Å². The topological polar surface area (TPSA) is 12.0 Å². The predicted octanol–water partition coefficient (Wildman–Crippen LogP) is 3.18. The molecule has 0 saturated heterocycles. The highest BCUT2D eigenvalue weighted by Gasteiger charge is 2.08. The number of likely N-dealkylation sites (N-methyl/N-ethyl adjacent to an activating group) is 1. The molecular formula is C11H14ClN. The Morgan fingerprint density at radius 2 is 1.92 bits per heavy atom. The highest BCUT2D eigenvalue weighted by Crippen LogP contribution is 2.21. The number of halogens is 1. The zero-order chi connectivity index (χ0) is 9.84. The van der Waals surface area contributed by atoms with Crippen LogP contribution in [-0.2, 0) is 0 Å². The molecule has 0 radical (unpaired) electrons. The summed E-state index contributed by atoms with van der Waals surface area (Å²) in [6, 6.07) is 8.03. The Morgan fingerprint density at radius 1 is 1.38 bits per heavy atom. The molecular weight excluding hydrogens is 182 g/mol. The van der Waals surface area contributed by atoms with E-state index in [1.165, 1.54) is 5.56 Å². The average Bonchev–Trinajstić information content (AvgIpc) is 2.09. The van der Waals surface area contributed by atoms with Crippen molar-refractivity contribution in [2.24, 2.45) is 0 Å². The fourth-order valence-electron chi connectivity index (χ4n) is 1.35.